The average molecular weight is 207 g/mol. The normalized spacial score (nSPS) is 10.4. The van der Waals surface area contributed by atoms with Gasteiger partial charge in [0.2, 0.25) is 0 Å². The lowest BCUT2D eigenvalue weighted by atomic mass is 10.3. The van der Waals surface area contributed by atoms with Crippen molar-refractivity contribution in [2.45, 2.75) is 6.92 Å². The molecule has 0 saturated carbocycles. The molecular formula is C9H9N3OS. The Bertz CT molecular complexity index is 492. The number of aryl methyl sites for hydroxylation is 1. The third-order valence-corrected chi connectivity index (χ3v) is 1.86. The Kier molecular flexibility index (Phi) is 2.09. The molecule has 0 aliphatic heterocycles. The van der Waals surface area contributed by atoms with Crippen molar-refractivity contribution >= 4 is 34.1 Å². The van der Waals surface area contributed by atoms with Crippen LogP contribution in [-0.4, -0.2) is 10.1 Å². The molecule has 0 aliphatic carbocycles. The highest BCUT2D eigenvalue weighted by Crippen LogP contribution is 2.19. The third kappa shape index (κ3) is 1.67. The van der Waals surface area contributed by atoms with Crippen molar-refractivity contribution < 1.29 is 4.42 Å². The van der Waals surface area contributed by atoms with E-state index in [1.807, 2.05) is 18.2 Å². The summed E-state index contributed by atoms with van der Waals surface area (Å²) >= 11 is 4.73. The molecular weight excluding hydrogens is 198 g/mol. The van der Waals surface area contributed by atoms with Crippen molar-refractivity contribution in [2.24, 2.45) is 5.73 Å². The molecule has 0 amide bonds. The number of oxazole rings is 1. The number of rotatable bonds is 1. The van der Waals surface area contributed by atoms with Gasteiger partial charge in [-0.3, -0.25) is 0 Å². The lowest BCUT2D eigenvalue weighted by Gasteiger charge is -2.01. The predicted octanol–water partition coefficient (Wildman–Crippen LogP) is 1.79. The van der Waals surface area contributed by atoms with E-state index in [1.165, 1.54) is 0 Å². The van der Waals surface area contributed by atoms with Crippen molar-refractivity contribution in [2.75, 3.05) is 5.32 Å². The van der Waals surface area contributed by atoms with Gasteiger partial charge >= 0.3 is 0 Å². The van der Waals surface area contributed by atoms with E-state index in [0.717, 1.165) is 16.8 Å². The number of aromatic nitrogens is 1. The highest BCUT2D eigenvalue weighted by atomic mass is 32.1. The van der Waals surface area contributed by atoms with E-state index in [-0.39, 0.29) is 5.11 Å². The maximum atomic E-state index is 5.35. The monoisotopic (exact) mass is 207 g/mol. The fourth-order valence-corrected chi connectivity index (χ4v) is 1.38. The fraction of sp³-hybridized carbons (Fsp3) is 0.111. The molecule has 0 saturated heterocycles. The average Bonchev–Trinajstić information content (AvgIpc) is 2.42. The van der Waals surface area contributed by atoms with Crippen LogP contribution >= 0.6 is 12.2 Å². The van der Waals surface area contributed by atoms with Gasteiger partial charge in [0, 0.05) is 12.6 Å². The zero-order valence-electron chi connectivity index (χ0n) is 7.57. The maximum Gasteiger partial charge on any atom is 0.192 e. The minimum atomic E-state index is 0.240. The topological polar surface area (TPSA) is 64.1 Å². The summed E-state index contributed by atoms with van der Waals surface area (Å²) in [4.78, 5) is 4.19. The van der Waals surface area contributed by atoms with Gasteiger partial charge in [-0.15, -0.1) is 0 Å². The zero-order chi connectivity index (χ0) is 10.1. The predicted molar refractivity (Wildman–Crippen MR) is 59.2 cm³/mol. The highest BCUT2D eigenvalue weighted by Gasteiger charge is 2.02. The molecule has 0 radical (unpaired) electrons. The van der Waals surface area contributed by atoms with Crippen molar-refractivity contribution in [3.8, 4) is 0 Å². The summed E-state index contributed by atoms with van der Waals surface area (Å²) in [5.41, 5.74) is 7.72. The van der Waals surface area contributed by atoms with Crippen molar-refractivity contribution in [1.29, 1.82) is 0 Å². The van der Waals surface area contributed by atoms with Crippen molar-refractivity contribution in [3.05, 3.63) is 24.1 Å². The SMILES string of the molecule is Cc1nc2cc(NC(N)=S)ccc2o1. The van der Waals surface area contributed by atoms with E-state index in [0.29, 0.717) is 5.89 Å². The molecule has 3 N–H and O–H groups in total. The van der Waals surface area contributed by atoms with E-state index in [2.05, 4.69) is 10.3 Å². The molecule has 4 nitrogen and oxygen atoms in total. The van der Waals surface area contributed by atoms with E-state index >= 15 is 0 Å². The van der Waals surface area contributed by atoms with Gasteiger partial charge in [0.1, 0.15) is 5.52 Å². The molecule has 0 aliphatic rings. The van der Waals surface area contributed by atoms with Gasteiger partial charge < -0.3 is 15.5 Å². The first kappa shape index (κ1) is 8.96. The number of anilines is 1. The van der Waals surface area contributed by atoms with Crippen LogP contribution in [0.5, 0.6) is 0 Å². The second kappa shape index (κ2) is 3.26. The summed E-state index contributed by atoms with van der Waals surface area (Å²) in [7, 11) is 0. The zero-order valence-corrected chi connectivity index (χ0v) is 8.39. The van der Waals surface area contributed by atoms with E-state index in [1.54, 1.807) is 6.92 Å². The molecule has 14 heavy (non-hydrogen) atoms. The molecule has 1 heterocycles. The number of fused-ring (bicyclic) bond motifs is 1. The van der Waals surface area contributed by atoms with E-state index in [4.69, 9.17) is 22.4 Å². The Labute approximate surface area is 86.1 Å². The molecule has 0 fully saturated rings. The number of nitrogens with zero attached hydrogens (tertiary/aromatic N) is 1. The Balaban J connectivity index is 2.45. The number of nitrogens with two attached hydrogens (primary N) is 1. The maximum absolute atomic E-state index is 5.35. The largest absolute Gasteiger partial charge is 0.441 e. The summed E-state index contributed by atoms with van der Waals surface area (Å²) in [6.45, 7) is 1.81. The van der Waals surface area contributed by atoms with Crippen LogP contribution in [0.1, 0.15) is 5.89 Å². The van der Waals surface area contributed by atoms with Crippen LogP contribution < -0.4 is 11.1 Å². The number of nitrogens with one attached hydrogen (secondary N) is 1. The molecule has 0 spiro atoms. The quantitative estimate of drug-likeness (QED) is 0.698. The van der Waals surface area contributed by atoms with Gasteiger partial charge in [-0.25, -0.2) is 4.98 Å². The smallest absolute Gasteiger partial charge is 0.192 e. The lowest BCUT2D eigenvalue weighted by Crippen LogP contribution is -2.18. The van der Waals surface area contributed by atoms with Gasteiger partial charge in [0.25, 0.3) is 0 Å². The number of thiocarbonyl (C=S) groups is 1. The van der Waals surface area contributed by atoms with Crippen LogP contribution in [0.25, 0.3) is 11.1 Å². The third-order valence-electron chi connectivity index (χ3n) is 1.76. The Morgan fingerprint density at radius 1 is 1.57 bits per heavy atom. The highest BCUT2D eigenvalue weighted by molar-refractivity contribution is 7.80. The van der Waals surface area contributed by atoms with Crippen molar-refractivity contribution in [3.63, 3.8) is 0 Å². The summed E-state index contributed by atoms with van der Waals surface area (Å²) in [6.07, 6.45) is 0. The molecule has 5 heteroatoms. The molecule has 1 aromatic heterocycles. The summed E-state index contributed by atoms with van der Waals surface area (Å²) in [5.74, 6) is 0.646. The standard InChI is InChI=1S/C9H9N3OS/c1-5-11-7-4-6(12-9(10)14)2-3-8(7)13-5/h2-4H,1H3,(H3,10,12,14). The Morgan fingerprint density at radius 3 is 3.07 bits per heavy atom. The fourth-order valence-electron chi connectivity index (χ4n) is 1.26. The van der Waals surface area contributed by atoms with Gasteiger partial charge in [-0.05, 0) is 30.4 Å². The van der Waals surface area contributed by atoms with Crippen LogP contribution in [0.4, 0.5) is 5.69 Å². The first-order chi connectivity index (χ1) is 6.65. The second-order valence-corrected chi connectivity index (χ2v) is 3.34. The van der Waals surface area contributed by atoms with Crippen LogP contribution in [0, 0.1) is 6.92 Å². The number of hydrogen-bond acceptors (Lipinski definition) is 3. The Hall–Kier alpha value is -1.62. The summed E-state index contributed by atoms with van der Waals surface area (Å²) < 4.78 is 5.32. The first-order valence-corrected chi connectivity index (χ1v) is 4.49. The molecule has 0 unspecified atom stereocenters. The molecule has 0 bridgehead atoms. The van der Waals surface area contributed by atoms with Gasteiger partial charge in [0.05, 0.1) is 0 Å². The number of hydrogen-bond donors (Lipinski definition) is 2. The van der Waals surface area contributed by atoms with Gasteiger partial charge in [-0.1, -0.05) is 0 Å². The van der Waals surface area contributed by atoms with Crippen LogP contribution in [-0.2, 0) is 0 Å². The van der Waals surface area contributed by atoms with Gasteiger partial charge in [0.15, 0.2) is 16.6 Å². The van der Waals surface area contributed by atoms with Crippen molar-refractivity contribution in [1.82, 2.24) is 4.98 Å². The van der Waals surface area contributed by atoms with Crippen LogP contribution in [0.3, 0.4) is 0 Å². The lowest BCUT2D eigenvalue weighted by molar-refractivity contribution is 0.561. The summed E-state index contributed by atoms with van der Waals surface area (Å²) in [6, 6.07) is 5.51. The summed E-state index contributed by atoms with van der Waals surface area (Å²) in [5, 5.41) is 3.07. The molecule has 2 rings (SSSR count). The van der Waals surface area contributed by atoms with Crippen LogP contribution in [0.15, 0.2) is 22.6 Å². The Morgan fingerprint density at radius 2 is 2.36 bits per heavy atom. The van der Waals surface area contributed by atoms with E-state index < -0.39 is 0 Å². The molecule has 2 aromatic rings. The minimum Gasteiger partial charge on any atom is -0.441 e. The van der Waals surface area contributed by atoms with Crippen LogP contribution in [0.2, 0.25) is 0 Å². The first-order valence-electron chi connectivity index (χ1n) is 4.09. The molecule has 1 aromatic carbocycles. The molecule has 72 valence electrons. The van der Waals surface area contributed by atoms with Gasteiger partial charge in [-0.2, -0.15) is 0 Å². The minimum absolute atomic E-state index is 0.240. The van der Waals surface area contributed by atoms with E-state index in [9.17, 15) is 0 Å². The number of benzene rings is 1. The molecule has 0 atom stereocenters. The second-order valence-electron chi connectivity index (χ2n) is 2.90.